The Bertz CT molecular complexity index is 391. The molecule has 1 heterocycles. The maximum Gasteiger partial charge on any atom is 0.269 e. The molecule has 92 valence electrons. The van der Waals surface area contributed by atoms with Crippen LogP contribution in [0.2, 0.25) is 0 Å². The first-order chi connectivity index (χ1) is 8.15. The predicted octanol–water partition coefficient (Wildman–Crippen LogP) is 2.15. The van der Waals surface area contributed by atoms with Gasteiger partial charge in [-0.15, -0.1) is 0 Å². The molecule has 2 N–H and O–H groups in total. The fraction of sp³-hybridized carbons (Fsp3) is 0.500. The topological polar surface area (TPSA) is 67.2 Å². The predicted molar refractivity (Wildman–Crippen MR) is 67.2 cm³/mol. The molecule has 1 saturated heterocycles. The van der Waals surface area contributed by atoms with Crippen LogP contribution in [0.1, 0.15) is 19.8 Å². The molecular formula is C12H17N3O2. The van der Waals surface area contributed by atoms with E-state index in [1.54, 1.807) is 12.1 Å². The summed E-state index contributed by atoms with van der Waals surface area (Å²) in [5.41, 5.74) is 1.09. The van der Waals surface area contributed by atoms with Gasteiger partial charge < -0.3 is 10.6 Å². The van der Waals surface area contributed by atoms with Crippen molar-refractivity contribution in [3.8, 4) is 0 Å². The van der Waals surface area contributed by atoms with Crippen LogP contribution in [0.3, 0.4) is 0 Å². The minimum atomic E-state index is -0.379. The molecule has 2 unspecified atom stereocenters. The molecular weight excluding hydrogens is 218 g/mol. The van der Waals surface area contributed by atoms with Crippen LogP contribution >= 0.6 is 0 Å². The number of nitrogens with one attached hydrogen (secondary N) is 2. The highest BCUT2D eigenvalue weighted by molar-refractivity contribution is 5.49. The second kappa shape index (κ2) is 5.14. The van der Waals surface area contributed by atoms with E-state index in [2.05, 4.69) is 17.6 Å². The van der Waals surface area contributed by atoms with Crippen LogP contribution in [0.25, 0.3) is 0 Å². The zero-order chi connectivity index (χ0) is 12.3. The lowest BCUT2D eigenvalue weighted by atomic mass is 10.0. The van der Waals surface area contributed by atoms with Gasteiger partial charge in [-0.1, -0.05) is 0 Å². The molecule has 5 heteroatoms. The highest BCUT2D eigenvalue weighted by atomic mass is 16.6. The van der Waals surface area contributed by atoms with E-state index in [4.69, 9.17) is 0 Å². The lowest BCUT2D eigenvalue weighted by Gasteiger charge is -2.29. The van der Waals surface area contributed by atoms with E-state index in [0.29, 0.717) is 12.1 Å². The first kappa shape index (κ1) is 11.9. The van der Waals surface area contributed by atoms with Crippen molar-refractivity contribution >= 4 is 11.4 Å². The number of hydrogen-bond donors (Lipinski definition) is 2. The Kier molecular flexibility index (Phi) is 3.58. The molecule has 1 aromatic carbocycles. The van der Waals surface area contributed by atoms with Crippen LogP contribution in [-0.4, -0.2) is 23.6 Å². The van der Waals surface area contributed by atoms with Crippen LogP contribution in [0, 0.1) is 10.1 Å². The van der Waals surface area contributed by atoms with Crippen molar-refractivity contribution in [2.75, 3.05) is 11.9 Å². The fourth-order valence-corrected chi connectivity index (χ4v) is 2.18. The van der Waals surface area contributed by atoms with Crippen molar-refractivity contribution in [3.05, 3.63) is 34.4 Å². The second-order valence-corrected chi connectivity index (χ2v) is 4.52. The summed E-state index contributed by atoms with van der Waals surface area (Å²) in [4.78, 5) is 10.1. The van der Waals surface area contributed by atoms with Gasteiger partial charge >= 0.3 is 0 Å². The minimum Gasteiger partial charge on any atom is -0.382 e. The molecule has 0 saturated carbocycles. The number of benzene rings is 1. The lowest BCUT2D eigenvalue weighted by molar-refractivity contribution is -0.384. The van der Waals surface area contributed by atoms with Crippen molar-refractivity contribution in [1.29, 1.82) is 0 Å². The Morgan fingerprint density at radius 1 is 1.41 bits per heavy atom. The molecule has 0 spiro atoms. The maximum absolute atomic E-state index is 10.5. The summed E-state index contributed by atoms with van der Waals surface area (Å²) in [5.74, 6) is 0. The monoisotopic (exact) mass is 235 g/mol. The summed E-state index contributed by atoms with van der Waals surface area (Å²) in [6.45, 7) is 3.19. The SMILES string of the molecule is CC1CC(Nc2ccc([N+](=O)[O-])cc2)CCN1. The molecule has 0 bridgehead atoms. The number of nitrogens with zero attached hydrogens (tertiary/aromatic N) is 1. The van der Waals surface area contributed by atoms with Gasteiger partial charge in [0.2, 0.25) is 0 Å². The summed E-state index contributed by atoms with van der Waals surface area (Å²) in [6.07, 6.45) is 2.16. The van der Waals surface area contributed by atoms with Gasteiger partial charge in [0.25, 0.3) is 5.69 Å². The summed E-state index contributed by atoms with van der Waals surface area (Å²) < 4.78 is 0. The van der Waals surface area contributed by atoms with Crippen molar-refractivity contribution < 1.29 is 4.92 Å². The highest BCUT2D eigenvalue weighted by Crippen LogP contribution is 2.19. The molecule has 17 heavy (non-hydrogen) atoms. The Balaban J connectivity index is 1.96. The zero-order valence-electron chi connectivity index (χ0n) is 9.85. The molecule has 1 fully saturated rings. The third-order valence-electron chi connectivity index (χ3n) is 3.07. The Morgan fingerprint density at radius 3 is 2.71 bits per heavy atom. The molecule has 1 aliphatic rings. The van der Waals surface area contributed by atoms with E-state index in [1.807, 2.05) is 0 Å². The molecule has 1 aliphatic heterocycles. The van der Waals surface area contributed by atoms with Crippen molar-refractivity contribution in [3.63, 3.8) is 0 Å². The molecule has 0 aromatic heterocycles. The Morgan fingerprint density at radius 2 is 2.12 bits per heavy atom. The molecule has 0 aliphatic carbocycles. The minimum absolute atomic E-state index is 0.134. The van der Waals surface area contributed by atoms with Gasteiger partial charge in [0, 0.05) is 29.9 Å². The van der Waals surface area contributed by atoms with E-state index in [0.717, 1.165) is 25.1 Å². The summed E-state index contributed by atoms with van der Waals surface area (Å²) in [5, 5.41) is 17.3. The van der Waals surface area contributed by atoms with Crippen molar-refractivity contribution in [1.82, 2.24) is 5.32 Å². The molecule has 2 rings (SSSR count). The van der Waals surface area contributed by atoms with Crippen LogP contribution in [-0.2, 0) is 0 Å². The average Bonchev–Trinajstić information content (AvgIpc) is 2.29. The van der Waals surface area contributed by atoms with Crippen LogP contribution in [0.15, 0.2) is 24.3 Å². The number of nitro benzene ring substituents is 1. The number of non-ortho nitro benzene ring substituents is 1. The standard InChI is InChI=1S/C12H17N3O2/c1-9-8-11(6-7-13-9)14-10-2-4-12(5-3-10)15(16)17/h2-5,9,11,13-14H,6-8H2,1H3. The van der Waals surface area contributed by atoms with Crippen LogP contribution < -0.4 is 10.6 Å². The van der Waals surface area contributed by atoms with Gasteiger partial charge in [0.15, 0.2) is 0 Å². The molecule has 5 nitrogen and oxygen atoms in total. The number of rotatable bonds is 3. The van der Waals surface area contributed by atoms with E-state index >= 15 is 0 Å². The van der Waals surface area contributed by atoms with Crippen molar-refractivity contribution in [2.24, 2.45) is 0 Å². The molecule has 0 radical (unpaired) electrons. The first-order valence-corrected chi connectivity index (χ1v) is 5.89. The maximum atomic E-state index is 10.5. The summed E-state index contributed by atoms with van der Waals surface area (Å²) >= 11 is 0. The quantitative estimate of drug-likeness (QED) is 0.622. The van der Waals surface area contributed by atoms with Crippen LogP contribution in [0.4, 0.5) is 11.4 Å². The third kappa shape index (κ3) is 3.17. The van der Waals surface area contributed by atoms with E-state index < -0.39 is 0 Å². The molecule has 2 atom stereocenters. The highest BCUT2D eigenvalue weighted by Gasteiger charge is 2.17. The van der Waals surface area contributed by atoms with Crippen LogP contribution in [0.5, 0.6) is 0 Å². The number of hydrogen-bond acceptors (Lipinski definition) is 4. The van der Waals surface area contributed by atoms with E-state index in [-0.39, 0.29) is 10.6 Å². The first-order valence-electron chi connectivity index (χ1n) is 5.89. The molecule has 0 amide bonds. The van der Waals surface area contributed by atoms with Gasteiger partial charge in [-0.2, -0.15) is 0 Å². The van der Waals surface area contributed by atoms with Gasteiger partial charge in [-0.05, 0) is 38.4 Å². The third-order valence-corrected chi connectivity index (χ3v) is 3.07. The fourth-order valence-electron chi connectivity index (χ4n) is 2.18. The largest absolute Gasteiger partial charge is 0.382 e. The Labute approximate surface area is 100 Å². The molecule has 1 aromatic rings. The number of nitro groups is 1. The van der Waals surface area contributed by atoms with Crippen molar-refractivity contribution in [2.45, 2.75) is 31.8 Å². The second-order valence-electron chi connectivity index (χ2n) is 4.52. The van der Waals surface area contributed by atoms with Gasteiger partial charge in [0.1, 0.15) is 0 Å². The van der Waals surface area contributed by atoms with Gasteiger partial charge in [0.05, 0.1) is 4.92 Å². The zero-order valence-corrected chi connectivity index (χ0v) is 9.85. The lowest BCUT2D eigenvalue weighted by Crippen LogP contribution is -2.41. The van der Waals surface area contributed by atoms with E-state index in [9.17, 15) is 10.1 Å². The van der Waals surface area contributed by atoms with Gasteiger partial charge in [-0.3, -0.25) is 10.1 Å². The smallest absolute Gasteiger partial charge is 0.269 e. The summed E-state index contributed by atoms with van der Waals surface area (Å²) in [6, 6.07) is 7.59. The Hall–Kier alpha value is -1.62. The average molecular weight is 235 g/mol. The number of piperidine rings is 1. The summed E-state index contributed by atoms with van der Waals surface area (Å²) in [7, 11) is 0. The van der Waals surface area contributed by atoms with E-state index in [1.165, 1.54) is 12.1 Å². The number of anilines is 1. The normalized spacial score (nSPS) is 24.3. The van der Waals surface area contributed by atoms with Gasteiger partial charge in [-0.25, -0.2) is 0 Å².